The molecule has 2 unspecified atom stereocenters. The molecule has 2 aliphatic heterocycles. The van der Waals surface area contributed by atoms with E-state index >= 15 is 0 Å². The number of nitrogens with one attached hydrogen (secondary N) is 1. The van der Waals surface area contributed by atoms with Crippen LogP contribution in [0.15, 0.2) is 6.33 Å². The van der Waals surface area contributed by atoms with Crippen LogP contribution in [0.25, 0.3) is 0 Å². The minimum atomic E-state index is 0.665. The fourth-order valence-electron chi connectivity index (χ4n) is 3.19. The van der Waals surface area contributed by atoms with E-state index in [0.29, 0.717) is 6.04 Å². The molecule has 1 fully saturated rings. The Kier molecular flexibility index (Phi) is 3.61. The molecule has 2 aliphatic rings. The number of fused-ring (bicyclic) bond motifs is 1. The highest BCUT2D eigenvalue weighted by molar-refractivity contribution is 4.91. The summed E-state index contributed by atoms with van der Waals surface area (Å²) < 4.78 is 2.17. The first-order valence-electron chi connectivity index (χ1n) is 7.17. The highest BCUT2D eigenvalue weighted by Crippen LogP contribution is 2.20. The Morgan fingerprint density at radius 1 is 1.44 bits per heavy atom. The number of aromatic nitrogens is 3. The van der Waals surface area contributed by atoms with Crippen LogP contribution >= 0.6 is 0 Å². The van der Waals surface area contributed by atoms with Crippen LogP contribution in [-0.4, -0.2) is 45.3 Å². The Labute approximate surface area is 109 Å². The monoisotopic (exact) mass is 249 g/mol. The number of hydrogen-bond acceptors (Lipinski definition) is 4. The van der Waals surface area contributed by atoms with Gasteiger partial charge in [-0.2, -0.15) is 0 Å². The van der Waals surface area contributed by atoms with Gasteiger partial charge in [-0.15, -0.1) is 10.2 Å². The summed E-state index contributed by atoms with van der Waals surface area (Å²) >= 11 is 0. The first-order valence-corrected chi connectivity index (χ1v) is 7.17. The van der Waals surface area contributed by atoms with Crippen LogP contribution in [0, 0.1) is 5.92 Å². The molecule has 5 heteroatoms. The molecule has 0 saturated carbocycles. The molecule has 3 rings (SSSR count). The largest absolute Gasteiger partial charge is 0.315 e. The third kappa shape index (κ3) is 2.57. The maximum Gasteiger partial charge on any atom is 0.147 e. The average Bonchev–Trinajstić information content (AvgIpc) is 2.86. The van der Waals surface area contributed by atoms with E-state index in [4.69, 9.17) is 0 Å². The van der Waals surface area contributed by atoms with Crippen molar-refractivity contribution in [3.63, 3.8) is 0 Å². The highest BCUT2D eigenvalue weighted by Gasteiger charge is 2.24. The molecular weight excluding hydrogens is 226 g/mol. The van der Waals surface area contributed by atoms with Gasteiger partial charge in [-0.25, -0.2) is 0 Å². The lowest BCUT2D eigenvalue weighted by Crippen LogP contribution is -2.47. The van der Waals surface area contributed by atoms with Crippen molar-refractivity contribution in [3.8, 4) is 0 Å². The molecule has 2 atom stereocenters. The van der Waals surface area contributed by atoms with Gasteiger partial charge in [0.25, 0.3) is 0 Å². The van der Waals surface area contributed by atoms with Gasteiger partial charge in [0.1, 0.15) is 12.2 Å². The minimum Gasteiger partial charge on any atom is -0.315 e. The summed E-state index contributed by atoms with van der Waals surface area (Å²) in [6.45, 7) is 7.77. The molecule has 5 nitrogen and oxygen atoms in total. The number of hydrogen-bond donors (Lipinski definition) is 1. The summed E-state index contributed by atoms with van der Waals surface area (Å²) in [7, 11) is 0. The third-order valence-electron chi connectivity index (χ3n) is 4.38. The second-order valence-corrected chi connectivity index (χ2v) is 5.63. The van der Waals surface area contributed by atoms with Gasteiger partial charge in [-0.05, 0) is 25.3 Å². The molecule has 18 heavy (non-hydrogen) atoms. The van der Waals surface area contributed by atoms with Gasteiger partial charge in [0, 0.05) is 25.7 Å². The van der Waals surface area contributed by atoms with E-state index in [1.54, 1.807) is 0 Å². The molecule has 0 amide bonds. The smallest absolute Gasteiger partial charge is 0.147 e. The molecule has 0 spiro atoms. The lowest BCUT2D eigenvalue weighted by Gasteiger charge is -2.35. The van der Waals surface area contributed by atoms with Crippen LogP contribution in [-0.2, 0) is 13.1 Å². The average molecular weight is 249 g/mol. The quantitative estimate of drug-likeness (QED) is 0.863. The predicted octanol–water partition coefficient (Wildman–Crippen LogP) is 0.872. The van der Waals surface area contributed by atoms with Crippen molar-refractivity contribution < 1.29 is 0 Å². The summed E-state index contributed by atoms with van der Waals surface area (Å²) in [6, 6.07) is 0.665. The van der Waals surface area contributed by atoms with E-state index in [1.807, 2.05) is 6.33 Å². The van der Waals surface area contributed by atoms with Crippen molar-refractivity contribution in [2.75, 3.05) is 19.6 Å². The summed E-state index contributed by atoms with van der Waals surface area (Å²) in [5.74, 6) is 2.04. The van der Waals surface area contributed by atoms with E-state index in [9.17, 15) is 0 Å². The molecule has 0 bridgehead atoms. The van der Waals surface area contributed by atoms with Crippen molar-refractivity contribution >= 4 is 0 Å². The van der Waals surface area contributed by atoms with E-state index in [1.165, 1.54) is 25.8 Å². The standard InChI is InChI=1S/C13H23N5/c1-2-11-3-4-14-12(7-11)8-17-5-6-18-10-15-16-13(18)9-17/h10-12,14H,2-9H2,1H3. The van der Waals surface area contributed by atoms with E-state index < -0.39 is 0 Å². The van der Waals surface area contributed by atoms with Gasteiger partial charge >= 0.3 is 0 Å². The Hall–Kier alpha value is -0.940. The van der Waals surface area contributed by atoms with Gasteiger partial charge in [-0.1, -0.05) is 13.3 Å². The Morgan fingerprint density at radius 3 is 3.28 bits per heavy atom. The van der Waals surface area contributed by atoms with Crippen LogP contribution in [0.1, 0.15) is 32.0 Å². The zero-order valence-electron chi connectivity index (χ0n) is 11.2. The van der Waals surface area contributed by atoms with Gasteiger partial charge in [0.2, 0.25) is 0 Å². The highest BCUT2D eigenvalue weighted by atomic mass is 15.3. The van der Waals surface area contributed by atoms with Crippen LogP contribution in [0.3, 0.4) is 0 Å². The molecule has 1 saturated heterocycles. The van der Waals surface area contributed by atoms with Crippen LogP contribution in [0.4, 0.5) is 0 Å². The molecular formula is C13H23N5. The zero-order chi connectivity index (χ0) is 12.4. The topological polar surface area (TPSA) is 46.0 Å². The number of nitrogens with zero attached hydrogens (tertiary/aromatic N) is 4. The van der Waals surface area contributed by atoms with Crippen molar-refractivity contribution in [2.45, 2.75) is 45.3 Å². The maximum atomic E-state index is 4.18. The molecule has 100 valence electrons. The lowest BCUT2D eigenvalue weighted by molar-refractivity contribution is 0.168. The molecule has 1 aromatic rings. The van der Waals surface area contributed by atoms with E-state index in [-0.39, 0.29) is 0 Å². The van der Waals surface area contributed by atoms with Crippen molar-refractivity contribution in [1.82, 2.24) is 25.0 Å². The van der Waals surface area contributed by atoms with Gasteiger partial charge in [-0.3, -0.25) is 4.90 Å². The fraction of sp³-hybridized carbons (Fsp3) is 0.846. The first kappa shape index (κ1) is 12.1. The normalized spacial score (nSPS) is 29.2. The van der Waals surface area contributed by atoms with E-state index in [2.05, 4.69) is 31.9 Å². The molecule has 3 heterocycles. The number of piperidine rings is 1. The Balaban J connectivity index is 1.54. The lowest BCUT2D eigenvalue weighted by atomic mass is 9.90. The van der Waals surface area contributed by atoms with Crippen molar-refractivity contribution in [3.05, 3.63) is 12.2 Å². The molecule has 0 radical (unpaired) electrons. The van der Waals surface area contributed by atoms with E-state index in [0.717, 1.165) is 37.9 Å². The Morgan fingerprint density at radius 2 is 2.39 bits per heavy atom. The Bertz CT molecular complexity index is 388. The summed E-state index contributed by atoms with van der Waals surface area (Å²) in [5, 5.41) is 11.8. The van der Waals surface area contributed by atoms with Crippen LogP contribution < -0.4 is 5.32 Å². The summed E-state index contributed by atoms with van der Waals surface area (Å²) in [6.07, 6.45) is 5.85. The van der Waals surface area contributed by atoms with Gasteiger partial charge in [0.15, 0.2) is 0 Å². The maximum absolute atomic E-state index is 4.18. The van der Waals surface area contributed by atoms with Crippen LogP contribution in [0.2, 0.25) is 0 Å². The molecule has 1 aromatic heterocycles. The van der Waals surface area contributed by atoms with Gasteiger partial charge in [0.05, 0.1) is 6.54 Å². The third-order valence-corrected chi connectivity index (χ3v) is 4.38. The van der Waals surface area contributed by atoms with Crippen molar-refractivity contribution in [1.29, 1.82) is 0 Å². The van der Waals surface area contributed by atoms with Gasteiger partial charge < -0.3 is 9.88 Å². The fourth-order valence-corrected chi connectivity index (χ4v) is 3.19. The minimum absolute atomic E-state index is 0.665. The van der Waals surface area contributed by atoms with Crippen LogP contribution in [0.5, 0.6) is 0 Å². The predicted molar refractivity (Wildman–Crippen MR) is 70.1 cm³/mol. The first-order chi connectivity index (χ1) is 8.85. The summed E-state index contributed by atoms with van der Waals surface area (Å²) in [4.78, 5) is 2.51. The molecule has 0 aliphatic carbocycles. The zero-order valence-corrected chi connectivity index (χ0v) is 11.2. The molecule has 0 aromatic carbocycles. The van der Waals surface area contributed by atoms with Crippen molar-refractivity contribution in [2.24, 2.45) is 5.92 Å². The SMILES string of the molecule is CCC1CCNC(CN2CCn3cnnc3C2)C1. The summed E-state index contributed by atoms with van der Waals surface area (Å²) in [5.41, 5.74) is 0. The molecule has 1 N–H and O–H groups in total. The second kappa shape index (κ2) is 5.36. The number of rotatable bonds is 3. The second-order valence-electron chi connectivity index (χ2n) is 5.63.